The molecule has 1 fully saturated rings. The van der Waals surface area contributed by atoms with Crippen LogP contribution in [0.4, 0.5) is 0 Å². The fraction of sp³-hybridized carbons (Fsp3) is 0.346. The number of benzene rings is 2. The molecular weight excluding hydrogens is 420 g/mol. The Morgan fingerprint density at radius 1 is 1.15 bits per heavy atom. The molecule has 7 nitrogen and oxygen atoms in total. The summed E-state index contributed by atoms with van der Waals surface area (Å²) in [4.78, 5) is 38.9. The summed E-state index contributed by atoms with van der Waals surface area (Å²) in [5.74, 6) is 0.0249. The maximum Gasteiger partial charge on any atom is 0.336 e. The van der Waals surface area contributed by atoms with E-state index in [1.54, 1.807) is 31.0 Å². The summed E-state index contributed by atoms with van der Waals surface area (Å²) in [6.07, 6.45) is 0.808. The van der Waals surface area contributed by atoms with E-state index < -0.39 is 11.7 Å². The van der Waals surface area contributed by atoms with Gasteiger partial charge in [0.2, 0.25) is 5.91 Å². The van der Waals surface area contributed by atoms with Crippen molar-refractivity contribution in [1.82, 2.24) is 10.2 Å². The number of rotatable bonds is 5. The lowest BCUT2D eigenvalue weighted by Crippen LogP contribution is -2.48. The molecule has 1 aliphatic rings. The number of aryl methyl sites for hydroxylation is 1. The smallest absolute Gasteiger partial charge is 0.336 e. The van der Waals surface area contributed by atoms with Crippen molar-refractivity contribution in [1.29, 1.82) is 0 Å². The molecule has 172 valence electrons. The fourth-order valence-electron chi connectivity index (χ4n) is 4.42. The van der Waals surface area contributed by atoms with Gasteiger partial charge in [-0.05, 0) is 49.9 Å². The van der Waals surface area contributed by atoms with Crippen molar-refractivity contribution in [3.05, 3.63) is 64.5 Å². The van der Waals surface area contributed by atoms with Gasteiger partial charge in [-0.3, -0.25) is 9.59 Å². The molecule has 2 heterocycles. The Morgan fingerprint density at radius 3 is 2.70 bits per heavy atom. The summed E-state index contributed by atoms with van der Waals surface area (Å²) < 4.78 is 11.4. The zero-order valence-corrected chi connectivity index (χ0v) is 19.1. The zero-order chi connectivity index (χ0) is 23.5. The van der Waals surface area contributed by atoms with E-state index in [2.05, 4.69) is 5.32 Å². The Labute approximate surface area is 192 Å². The van der Waals surface area contributed by atoms with E-state index in [9.17, 15) is 14.4 Å². The number of carbonyl (C=O) groups is 2. The minimum Gasteiger partial charge on any atom is -0.481 e. The van der Waals surface area contributed by atoms with Crippen molar-refractivity contribution in [3.8, 4) is 16.9 Å². The molecule has 0 spiro atoms. The minimum atomic E-state index is -0.739. The van der Waals surface area contributed by atoms with Crippen LogP contribution in [0.2, 0.25) is 0 Å². The molecule has 7 heteroatoms. The van der Waals surface area contributed by atoms with Gasteiger partial charge >= 0.3 is 5.63 Å². The quantitative estimate of drug-likeness (QED) is 0.604. The Kier molecular flexibility index (Phi) is 6.49. The van der Waals surface area contributed by atoms with Gasteiger partial charge in [-0.2, -0.15) is 0 Å². The van der Waals surface area contributed by atoms with Crippen LogP contribution in [0.25, 0.3) is 22.1 Å². The number of likely N-dealkylation sites (tertiary alicyclic amines) is 1. The van der Waals surface area contributed by atoms with Gasteiger partial charge in [0, 0.05) is 43.2 Å². The molecule has 1 saturated heterocycles. The van der Waals surface area contributed by atoms with Crippen LogP contribution in [0.1, 0.15) is 25.3 Å². The van der Waals surface area contributed by atoms with Crippen molar-refractivity contribution >= 4 is 22.8 Å². The van der Waals surface area contributed by atoms with Crippen LogP contribution in [-0.4, -0.2) is 43.0 Å². The third-order valence-corrected chi connectivity index (χ3v) is 6.16. The molecule has 2 amide bonds. The van der Waals surface area contributed by atoms with Crippen molar-refractivity contribution in [3.63, 3.8) is 0 Å². The normalized spacial score (nSPS) is 16.9. The molecule has 4 rings (SSSR count). The summed E-state index contributed by atoms with van der Waals surface area (Å²) in [5, 5.41) is 3.45. The van der Waals surface area contributed by atoms with Crippen LogP contribution in [-0.2, 0) is 9.59 Å². The van der Waals surface area contributed by atoms with Gasteiger partial charge in [-0.15, -0.1) is 0 Å². The van der Waals surface area contributed by atoms with Gasteiger partial charge in [0.1, 0.15) is 11.3 Å². The molecule has 0 radical (unpaired) electrons. The summed E-state index contributed by atoms with van der Waals surface area (Å²) in [5.41, 5.74) is 2.76. The van der Waals surface area contributed by atoms with E-state index in [1.165, 1.54) is 6.07 Å². The van der Waals surface area contributed by atoms with Crippen LogP contribution in [0.15, 0.2) is 57.7 Å². The van der Waals surface area contributed by atoms with Gasteiger partial charge in [0.25, 0.3) is 5.91 Å². The summed E-state index contributed by atoms with van der Waals surface area (Å²) >= 11 is 0. The molecule has 2 atom stereocenters. The van der Waals surface area contributed by atoms with Gasteiger partial charge in [-0.25, -0.2) is 4.79 Å². The number of nitrogens with one attached hydrogen (secondary N) is 1. The predicted molar refractivity (Wildman–Crippen MR) is 126 cm³/mol. The van der Waals surface area contributed by atoms with Gasteiger partial charge in [-0.1, -0.05) is 24.3 Å². The first-order valence-electron chi connectivity index (χ1n) is 11.2. The van der Waals surface area contributed by atoms with Crippen LogP contribution < -0.4 is 15.7 Å². The lowest BCUT2D eigenvalue weighted by atomic mass is 9.97. The first-order chi connectivity index (χ1) is 15.9. The van der Waals surface area contributed by atoms with Crippen molar-refractivity contribution in [2.24, 2.45) is 5.92 Å². The maximum atomic E-state index is 12.9. The lowest BCUT2D eigenvalue weighted by Gasteiger charge is -2.33. The first kappa shape index (κ1) is 22.6. The number of ether oxygens (including phenoxy) is 1. The average Bonchev–Trinajstić information content (AvgIpc) is 2.82. The largest absolute Gasteiger partial charge is 0.481 e. The van der Waals surface area contributed by atoms with Gasteiger partial charge in [0.05, 0.1) is 5.92 Å². The Morgan fingerprint density at radius 2 is 1.94 bits per heavy atom. The van der Waals surface area contributed by atoms with E-state index in [1.807, 2.05) is 37.3 Å². The van der Waals surface area contributed by atoms with Gasteiger partial charge in [0.15, 0.2) is 6.10 Å². The van der Waals surface area contributed by atoms with E-state index in [0.29, 0.717) is 24.4 Å². The highest BCUT2D eigenvalue weighted by Gasteiger charge is 2.30. The van der Waals surface area contributed by atoms with E-state index in [-0.39, 0.29) is 17.7 Å². The van der Waals surface area contributed by atoms with Crippen LogP contribution >= 0.6 is 0 Å². The SMILES string of the molecule is CNC(=O)C1CCCN(C(=O)C(C)Oc2ccc3c(-c4ccccc4C)cc(=O)oc3c2)C1. The maximum absolute atomic E-state index is 12.9. The molecule has 2 aromatic carbocycles. The molecule has 1 aromatic heterocycles. The average molecular weight is 449 g/mol. The number of hydrogen-bond acceptors (Lipinski definition) is 5. The standard InChI is InChI=1S/C26H28N2O5/c1-16-7-4-5-9-20(16)22-14-24(29)33-23-13-19(10-11-21(22)23)32-17(2)26(31)28-12-6-8-18(15-28)25(30)27-3/h4-5,7,9-11,13-14,17-18H,6,8,12,15H2,1-3H3,(H,27,30). The predicted octanol–water partition coefficient (Wildman–Crippen LogP) is 3.52. The van der Waals surface area contributed by atoms with E-state index in [0.717, 1.165) is 34.9 Å². The topological polar surface area (TPSA) is 88.9 Å². The van der Waals surface area contributed by atoms with Crippen LogP contribution in [0.3, 0.4) is 0 Å². The number of piperidine rings is 1. The number of amides is 2. The molecular formula is C26H28N2O5. The second-order valence-electron chi connectivity index (χ2n) is 8.45. The highest BCUT2D eigenvalue weighted by molar-refractivity contribution is 5.94. The Bertz CT molecular complexity index is 1250. The van der Waals surface area contributed by atoms with Gasteiger partial charge < -0.3 is 19.4 Å². The number of hydrogen-bond donors (Lipinski definition) is 1. The van der Waals surface area contributed by atoms with E-state index in [4.69, 9.17) is 9.15 Å². The van der Waals surface area contributed by atoms with Crippen LogP contribution in [0, 0.1) is 12.8 Å². The fourth-order valence-corrected chi connectivity index (χ4v) is 4.42. The minimum absolute atomic E-state index is 0.0462. The summed E-state index contributed by atoms with van der Waals surface area (Å²) in [6.45, 7) is 4.68. The molecule has 0 aliphatic carbocycles. The molecule has 3 aromatic rings. The van der Waals surface area contributed by atoms with Crippen molar-refractivity contribution < 1.29 is 18.7 Å². The van der Waals surface area contributed by atoms with Crippen molar-refractivity contribution in [2.45, 2.75) is 32.8 Å². The highest BCUT2D eigenvalue weighted by atomic mass is 16.5. The molecule has 0 saturated carbocycles. The third-order valence-electron chi connectivity index (χ3n) is 6.16. The lowest BCUT2D eigenvalue weighted by molar-refractivity contribution is -0.141. The van der Waals surface area contributed by atoms with Crippen LogP contribution in [0.5, 0.6) is 5.75 Å². The highest BCUT2D eigenvalue weighted by Crippen LogP contribution is 2.31. The molecule has 0 bridgehead atoms. The molecule has 1 aliphatic heterocycles. The molecule has 33 heavy (non-hydrogen) atoms. The molecule has 2 unspecified atom stereocenters. The Hall–Kier alpha value is -3.61. The number of carbonyl (C=O) groups excluding carboxylic acids is 2. The zero-order valence-electron chi connectivity index (χ0n) is 19.1. The second kappa shape index (κ2) is 9.48. The van der Waals surface area contributed by atoms with Crippen molar-refractivity contribution in [2.75, 3.05) is 20.1 Å². The number of fused-ring (bicyclic) bond motifs is 1. The third kappa shape index (κ3) is 4.77. The molecule has 1 N–H and O–H groups in total. The summed E-state index contributed by atoms with van der Waals surface area (Å²) in [7, 11) is 1.61. The number of nitrogens with zero attached hydrogens (tertiary/aromatic N) is 1. The second-order valence-corrected chi connectivity index (χ2v) is 8.45. The first-order valence-corrected chi connectivity index (χ1v) is 11.2. The van der Waals surface area contributed by atoms with E-state index >= 15 is 0 Å². The monoisotopic (exact) mass is 448 g/mol. The summed E-state index contributed by atoms with van der Waals surface area (Å²) in [6, 6.07) is 14.6. The Balaban J connectivity index is 1.56.